The number of benzene rings is 1. The van der Waals surface area contributed by atoms with Crippen molar-refractivity contribution < 1.29 is 8.78 Å². The predicted octanol–water partition coefficient (Wildman–Crippen LogP) is 3.58. The highest BCUT2D eigenvalue weighted by Crippen LogP contribution is 2.21. The van der Waals surface area contributed by atoms with Crippen molar-refractivity contribution in [3.05, 3.63) is 35.4 Å². The quantitative estimate of drug-likeness (QED) is 0.848. The van der Waals surface area contributed by atoms with Crippen molar-refractivity contribution >= 4 is 12.4 Å². The van der Waals surface area contributed by atoms with E-state index in [2.05, 4.69) is 0 Å². The summed E-state index contributed by atoms with van der Waals surface area (Å²) in [7, 11) is 0. The maximum Gasteiger partial charge on any atom is 0.163 e. The molecule has 0 aliphatic rings. The molecule has 0 spiro atoms. The van der Waals surface area contributed by atoms with E-state index in [0.29, 0.717) is 6.42 Å². The first-order valence-corrected chi connectivity index (χ1v) is 4.86. The molecule has 0 unspecified atom stereocenters. The number of unbranched alkanes of at least 4 members (excludes halogenated alkanes) is 1. The zero-order chi connectivity index (χ0) is 10.6. The van der Waals surface area contributed by atoms with Gasteiger partial charge >= 0.3 is 0 Å². The third-order valence-corrected chi connectivity index (χ3v) is 2.25. The van der Waals surface area contributed by atoms with Crippen LogP contribution in [0.3, 0.4) is 0 Å². The van der Waals surface area contributed by atoms with E-state index in [1.165, 1.54) is 6.07 Å². The molecule has 1 rings (SSSR count). The van der Waals surface area contributed by atoms with Crippen LogP contribution in [-0.2, 0) is 0 Å². The second kappa shape index (κ2) is 6.75. The molecule has 15 heavy (non-hydrogen) atoms. The van der Waals surface area contributed by atoms with Gasteiger partial charge in [0.15, 0.2) is 11.6 Å². The lowest BCUT2D eigenvalue weighted by molar-refractivity contribution is 0.480. The minimum absolute atomic E-state index is 0. The van der Waals surface area contributed by atoms with Gasteiger partial charge in [-0.15, -0.1) is 12.4 Å². The van der Waals surface area contributed by atoms with Crippen LogP contribution in [-0.4, -0.2) is 0 Å². The van der Waals surface area contributed by atoms with Crippen LogP contribution in [0, 0.1) is 11.6 Å². The largest absolute Gasteiger partial charge is 0.324 e. The molecule has 0 saturated heterocycles. The van der Waals surface area contributed by atoms with Crippen molar-refractivity contribution in [1.82, 2.24) is 0 Å². The molecule has 1 aromatic carbocycles. The maximum atomic E-state index is 13.2. The van der Waals surface area contributed by atoms with Gasteiger partial charge in [0.1, 0.15) is 0 Å². The van der Waals surface area contributed by atoms with Crippen LogP contribution in [0.1, 0.15) is 37.8 Å². The van der Waals surface area contributed by atoms with E-state index in [9.17, 15) is 8.78 Å². The number of halogens is 3. The summed E-state index contributed by atoms with van der Waals surface area (Å²) in [6.07, 6.45) is 2.62. The smallest absolute Gasteiger partial charge is 0.163 e. The Morgan fingerprint density at radius 2 is 2.00 bits per heavy atom. The average Bonchev–Trinajstić information content (AvgIpc) is 2.18. The fourth-order valence-electron chi connectivity index (χ4n) is 1.39. The third-order valence-electron chi connectivity index (χ3n) is 2.25. The summed E-state index contributed by atoms with van der Waals surface area (Å²) in [6, 6.07) is 3.73. The topological polar surface area (TPSA) is 26.0 Å². The summed E-state index contributed by atoms with van der Waals surface area (Å²) >= 11 is 0. The summed E-state index contributed by atoms with van der Waals surface area (Å²) < 4.78 is 26.1. The molecule has 0 aliphatic carbocycles. The summed E-state index contributed by atoms with van der Waals surface area (Å²) in [4.78, 5) is 0. The Morgan fingerprint density at radius 3 is 2.60 bits per heavy atom. The zero-order valence-electron chi connectivity index (χ0n) is 8.67. The van der Waals surface area contributed by atoms with E-state index < -0.39 is 17.7 Å². The van der Waals surface area contributed by atoms with Gasteiger partial charge in [-0.3, -0.25) is 0 Å². The molecule has 0 radical (unpaired) electrons. The van der Waals surface area contributed by atoms with Crippen LogP contribution >= 0.6 is 12.4 Å². The van der Waals surface area contributed by atoms with Crippen LogP contribution < -0.4 is 5.73 Å². The first-order valence-electron chi connectivity index (χ1n) is 4.86. The van der Waals surface area contributed by atoms with Crippen molar-refractivity contribution in [3.8, 4) is 0 Å². The molecule has 0 bridgehead atoms. The Labute approximate surface area is 95.1 Å². The monoisotopic (exact) mass is 235 g/mol. The molecule has 0 aromatic heterocycles. The standard InChI is InChI=1S/C11H15F2N.ClH/c1-2-3-7-10(14)8-5-4-6-9(12)11(8)13;/h4-6,10H,2-3,7,14H2,1H3;1H/t10-;/m0./s1. The molecule has 1 atom stereocenters. The Bertz CT molecular complexity index is 305. The fraction of sp³-hybridized carbons (Fsp3) is 0.455. The van der Waals surface area contributed by atoms with Gasteiger partial charge in [-0.25, -0.2) is 8.78 Å². The molecule has 0 amide bonds. The normalized spacial score (nSPS) is 12.0. The van der Waals surface area contributed by atoms with E-state index in [-0.39, 0.29) is 18.0 Å². The highest BCUT2D eigenvalue weighted by Gasteiger charge is 2.13. The Kier molecular flexibility index (Phi) is 6.45. The highest BCUT2D eigenvalue weighted by molar-refractivity contribution is 5.85. The molecule has 2 N–H and O–H groups in total. The van der Waals surface area contributed by atoms with Gasteiger partial charge in [0, 0.05) is 11.6 Å². The van der Waals surface area contributed by atoms with E-state index in [1.54, 1.807) is 6.07 Å². The van der Waals surface area contributed by atoms with E-state index >= 15 is 0 Å². The minimum Gasteiger partial charge on any atom is -0.324 e. The molecule has 0 fully saturated rings. The number of rotatable bonds is 4. The van der Waals surface area contributed by atoms with Crippen molar-refractivity contribution in [1.29, 1.82) is 0 Å². The van der Waals surface area contributed by atoms with E-state index in [1.807, 2.05) is 6.92 Å². The lowest BCUT2D eigenvalue weighted by atomic mass is 10.0. The van der Waals surface area contributed by atoms with Crippen LogP contribution in [0.4, 0.5) is 8.78 Å². The van der Waals surface area contributed by atoms with Crippen molar-refractivity contribution in [3.63, 3.8) is 0 Å². The Hall–Kier alpha value is -0.670. The van der Waals surface area contributed by atoms with Crippen LogP contribution in [0.5, 0.6) is 0 Å². The van der Waals surface area contributed by atoms with Gasteiger partial charge in [0.25, 0.3) is 0 Å². The van der Waals surface area contributed by atoms with Gasteiger partial charge in [-0.1, -0.05) is 31.9 Å². The molecule has 86 valence electrons. The molecular weight excluding hydrogens is 220 g/mol. The number of hydrogen-bond donors (Lipinski definition) is 1. The lowest BCUT2D eigenvalue weighted by Crippen LogP contribution is -2.12. The van der Waals surface area contributed by atoms with Crippen molar-refractivity contribution in [2.75, 3.05) is 0 Å². The summed E-state index contributed by atoms with van der Waals surface area (Å²) in [5.41, 5.74) is 6.02. The molecule has 0 heterocycles. The zero-order valence-corrected chi connectivity index (χ0v) is 9.49. The maximum absolute atomic E-state index is 13.2. The van der Waals surface area contributed by atoms with Crippen LogP contribution in [0.2, 0.25) is 0 Å². The van der Waals surface area contributed by atoms with Gasteiger partial charge in [-0.05, 0) is 12.5 Å². The van der Waals surface area contributed by atoms with E-state index in [4.69, 9.17) is 5.73 Å². The second-order valence-electron chi connectivity index (χ2n) is 3.39. The molecule has 0 aliphatic heterocycles. The first kappa shape index (κ1) is 14.3. The van der Waals surface area contributed by atoms with Gasteiger partial charge in [0.05, 0.1) is 0 Å². The number of hydrogen-bond acceptors (Lipinski definition) is 1. The molecule has 1 nitrogen and oxygen atoms in total. The second-order valence-corrected chi connectivity index (χ2v) is 3.39. The summed E-state index contributed by atoms with van der Waals surface area (Å²) in [5.74, 6) is -1.63. The van der Waals surface area contributed by atoms with Crippen molar-refractivity contribution in [2.45, 2.75) is 32.2 Å². The fourth-order valence-corrected chi connectivity index (χ4v) is 1.39. The Morgan fingerprint density at radius 1 is 1.33 bits per heavy atom. The Balaban J connectivity index is 0.00000196. The molecular formula is C11H16ClF2N. The SMILES string of the molecule is CCCC[C@H](N)c1cccc(F)c1F.Cl. The van der Waals surface area contributed by atoms with Gasteiger partial charge < -0.3 is 5.73 Å². The minimum atomic E-state index is -0.825. The predicted molar refractivity (Wildman–Crippen MR) is 60.1 cm³/mol. The van der Waals surface area contributed by atoms with Crippen LogP contribution in [0.25, 0.3) is 0 Å². The number of nitrogens with two attached hydrogens (primary N) is 1. The lowest BCUT2D eigenvalue weighted by Gasteiger charge is -2.12. The average molecular weight is 236 g/mol. The molecule has 1 aromatic rings. The summed E-state index contributed by atoms with van der Waals surface area (Å²) in [6.45, 7) is 2.04. The van der Waals surface area contributed by atoms with E-state index in [0.717, 1.165) is 18.9 Å². The summed E-state index contributed by atoms with van der Waals surface area (Å²) in [5, 5.41) is 0. The molecule has 4 heteroatoms. The van der Waals surface area contributed by atoms with Gasteiger partial charge in [-0.2, -0.15) is 0 Å². The van der Waals surface area contributed by atoms with Crippen molar-refractivity contribution in [2.24, 2.45) is 5.73 Å². The highest BCUT2D eigenvalue weighted by atomic mass is 35.5. The molecule has 0 saturated carbocycles. The van der Waals surface area contributed by atoms with Gasteiger partial charge in [0.2, 0.25) is 0 Å². The first-order chi connectivity index (χ1) is 6.66. The van der Waals surface area contributed by atoms with Crippen LogP contribution in [0.15, 0.2) is 18.2 Å². The third kappa shape index (κ3) is 3.76.